The third kappa shape index (κ3) is 5.71. The molecule has 0 bridgehead atoms. The van der Waals surface area contributed by atoms with E-state index in [1.807, 2.05) is 0 Å². The number of hydrogen-bond acceptors (Lipinski definition) is 5. The molecule has 3 aromatic rings. The minimum atomic E-state index is -0.617. The average molecular weight is 482 g/mol. The molecule has 0 fully saturated rings. The number of fused-ring (bicyclic) bond motifs is 1. The number of hydrogen-bond donors (Lipinski definition) is 2. The number of amides is 2. The molecule has 166 valence electrons. The lowest BCUT2D eigenvalue weighted by Gasteiger charge is -2.09. The van der Waals surface area contributed by atoms with Crippen molar-refractivity contribution in [1.82, 2.24) is 10.7 Å². The van der Waals surface area contributed by atoms with Crippen LogP contribution in [-0.4, -0.2) is 24.8 Å². The zero-order valence-corrected chi connectivity index (χ0v) is 18.6. The fourth-order valence-electron chi connectivity index (χ4n) is 2.93. The van der Waals surface area contributed by atoms with E-state index in [1.54, 1.807) is 66.7 Å². The Bertz CT molecular complexity index is 1260. The minimum absolute atomic E-state index is 0.00555. The molecule has 0 saturated carbocycles. The van der Waals surface area contributed by atoms with Crippen molar-refractivity contribution in [1.29, 1.82) is 0 Å². The summed E-state index contributed by atoms with van der Waals surface area (Å²) in [5, 5.41) is 7.37. The quantitative estimate of drug-likeness (QED) is 0.304. The van der Waals surface area contributed by atoms with Crippen LogP contribution >= 0.6 is 23.2 Å². The largest absolute Gasteiger partial charge is 0.454 e. The summed E-state index contributed by atoms with van der Waals surface area (Å²) in [6.07, 6.45) is 2.93. The molecule has 1 aliphatic heterocycles. The smallest absolute Gasteiger partial charge is 0.287 e. The fraction of sp³-hybridized carbons (Fsp3) is 0.0417. The summed E-state index contributed by atoms with van der Waals surface area (Å²) in [5.74, 6) is 0.104. The van der Waals surface area contributed by atoms with Crippen molar-refractivity contribution in [3.63, 3.8) is 0 Å². The van der Waals surface area contributed by atoms with E-state index < -0.39 is 11.8 Å². The van der Waals surface area contributed by atoms with Gasteiger partial charge in [0, 0.05) is 5.56 Å². The van der Waals surface area contributed by atoms with E-state index in [-0.39, 0.29) is 12.5 Å². The van der Waals surface area contributed by atoms with Crippen molar-refractivity contribution < 1.29 is 19.1 Å². The summed E-state index contributed by atoms with van der Waals surface area (Å²) in [7, 11) is 0. The Morgan fingerprint density at radius 3 is 2.42 bits per heavy atom. The molecule has 3 aromatic carbocycles. The predicted octanol–water partition coefficient (Wildman–Crippen LogP) is 4.64. The third-order valence-corrected chi connectivity index (χ3v) is 5.30. The lowest BCUT2D eigenvalue weighted by Crippen LogP contribution is -2.32. The second-order valence-electron chi connectivity index (χ2n) is 6.86. The number of carbonyl (C=O) groups excluding carboxylic acids is 2. The van der Waals surface area contributed by atoms with Crippen LogP contribution in [0, 0.1) is 0 Å². The average Bonchev–Trinajstić information content (AvgIpc) is 3.29. The number of rotatable bonds is 6. The summed E-state index contributed by atoms with van der Waals surface area (Å²) in [6, 6.07) is 18.7. The molecule has 1 aliphatic rings. The van der Waals surface area contributed by atoms with Crippen molar-refractivity contribution >= 4 is 47.3 Å². The van der Waals surface area contributed by atoms with E-state index in [9.17, 15) is 9.59 Å². The number of benzene rings is 3. The summed E-state index contributed by atoms with van der Waals surface area (Å²) in [6.45, 7) is 0.129. The van der Waals surface area contributed by atoms with Crippen LogP contribution < -0.4 is 20.2 Å². The van der Waals surface area contributed by atoms with E-state index in [0.717, 1.165) is 0 Å². The van der Waals surface area contributed by atoms with Crippen molar-refractivity contribution in [3.05, 3.63) is 99.2 Å². The summed E-state index contributed by atoms with van der Waals surface area (Å²) in [4.78, 5) is 25.5. The standard InChI is InChI=1S/C24H17Cl2N3O4/c25-18-8-6-16(10-19(18)26)13-27-29-24(31)20(28-23(30)17-4-2-1-3-5-17)11-15-7-9-21-22(12-15)33-14-32-21/h1-13H,14H2,(H,28,30)(H,29,31)/b20-11+,27-13+. The molecule has 0 spiro atoms. The van der Waals surface area contributed by atoms with Crippen LogP contribution in [0.2, 0.25) is 10.0 Å². The van der Waals surface area contributed by atoms with Gasteiger partial charge in [-0.05, 0) is 53.6 Å². The topological polar surface area (TPSA) is 89.0 Å². The lowest BCUT2D eigenvalue weighted by atomic mass is 10.1. The van der Waals surface area contributed by atoms with E-state index in [2.05, 4.69) is 15.8 Å². The van der Waals surface area contributed by atoms with Crippen LogP contribution in [0.1, 0.15) is 21.5 Å². The molecule has 2 N–H and O–H groups in total. The van der Waals surface area contributed by atoms with Crippen LogP contribution in [0.5, 0.6) is 11.5 Å². The highest BCUT2D eigenvalue weighted by Gasteiger charge is 2.16. The zero-order chi connectivity index (χ0) is 23.2. The maximum Gasteiger partial charge on any atom is 0.287 e. The Kier molecular flexibility index (Phi) is 6.92. The molecule has 9 heteroatoms. The van der Waals surface area contributed by atoms with Gasteiger partial charge in [0.15, 0.2) is 11.5 Å². The van der Waals surface area contributed by atoms with Crippen LogP contribution in [0.3, 0.4) is 0 Å². The summed E-state index contributed by atoms with van der Waals surface area (Å²) < 4.78 is 10.7. The third-order valence-electron chi connectivity index (χ3n) is 4.56. The Morgan fingerprint density at radius 1 is 0.879 bits per heavy atom. The molecule has 0 unspecified atom stereocenters. The first-order valence-electron chi connectivity index (χ1n) is 9.76. The maximum atomic E-state index is 12.8. The maximum absolute atomic E-state index is 12.8. The Balaban J connectivity index is 1.55. The van der Waals surface area contributed by atoms with Gasteiger partial charge in [-0.15, -0.1) is 0 Å². The minimum Gasteiger partial charge on any atom is -0.454 e. The molecule has 0 atom stereocenters. The highest BCUT2D eigenvalue weighted by molar-refractivity contribution is 6.42. The van der Waals surface area contributed by atoms with Gasteiger partial charge in [-0.1, -0.05) is 53.5 Å². The Morgan fingerprint density at radius 2 is 1.64 bits per heavy atom. The normalized spacial score (nSPS) is 12.6. The van der Waals surface area contributed by atoms with Gasteiger partial charge in [-0.3, -0.25) is 9.59 Å². The first-order valence-corrected chi connectivity index (χ1v) is 10.5. The summed E-state index contributed by atoms with van der Waals surface area (Å²) >= 11 is 11.9. The molecule has 7 nitrogen and oxygen atoms in total. The van der Waals surface area contributed by atoms with Crippen molar-refractivity contribution in [2.45, 2.75) is 0 Å². The second kappa shape index (κ2) is 10.2. The number of hydrazone groups is 1. The molecule has 0 aliphatic carbocycles. The first-order chi connectivity index (χ1) is 16.0. The molecule has 0 saturated heterocycles. The number of nitrogens with one attached hydrogen (secondary N) is 2. The lowest BCUT2D eigenvalue weighted by molar-refractivity contribution is -0.117. The molecular weight excluding hydrogens is 465 g/mol. The number of nitrogens with zero attached hydrogens (tertiary/aromatic N) is 1. The molecule has 33 heavy (non-hydrogen) atoms. The zero-order valence-electron chi connectivity index (χ0n) is 17.0. The van der Waals surface area contributed by atoms with Gasteiger partial charge in [0.2, 0.25) is 6.79 Å². The van der Waals surface area contributed by atoms with Gasteiger partial charge in [-0.2, -0.15) is 5.10 Å². The van der Waals surface area contributed by atoms with Gasteiger partial charge in [0.25, 0.3) is 11.8 Å². The number of halogens is 2. The van der Waals surface area contributed by atoms with E-state index >= 15 is 0 Å². The van der Waals surface area contributed by atoms with E-state index in [1.165, 1.54) is 12.3 Å². The SMILES string of the molecule is O=C(N/N=C/c1ccc(Cl)c(Cl)c1)/C(=C\c1ccc2c(c1)OCO2)NC(=O)c1ccccc1. The monoisotopic (exact) mass is 481 g/mol. The Labute approximate surface area is 199 Å². The molecule has 2 amide bonds. The molecule has 4 rings (SSSR count). The Hall–Kier alpha value is -3.81. The van der Waals surface area contributed by atoms with E-state index in [0.29, 0.717) is 38.2 Å². The van der Waals surface area contributed by atoms with Crippen molar-refractivity contribution in [2.24, 2.45) is 5.10 Å². The van der Waals surface area contributed by atoms with Gasteiger partial charge < -0.3 is 14.8 Å². The fourth-order valence-corrected chi connectivity index (χ4v) is 3.24. The number of ether oxygens (including phenoxy) is 2. The molecule has 0 aromatic heterocycles. The van der Waals surface area contributed by atoms with Crippen molar-refractivity contribution in [3.8, 4) is 11.5 Å². The highest BCUT2D eigenvalue weighted by Crippen LogP contribution is 2.33. The molecular formula is C24H17Cl2N3O4. The van der Waals surface area contributed by atoms with Crippen LogP contribution in [0.4, 0.5) is 0 Å². The molecule has 0 radical (unpaired) electrons. The second-order valence-corrected chi connectivity index (χ2v) is 7.68. The van der Waals surface area contributed by atoms with Crippen LogP contribution in [0.25, 0.3) is 6.08 Å². The van der Waals surface area contributed by atoms with Gasteiger partial charge >= 0.3 is 0 Å². The molecule has 1 heterocycles. The van der Waals surface area contributed by atoms with Gasteiger partial charge in [0.1, 0.15) is 5.70 Å². The van der Waals surface area contributed by atoms with Crippen LogP contribution in [0.15, 0.2) is 77.5 Å². The number of carbonyl (C=O) groups is 2. The van der Waals surface area contributed by atoms with E-state index in [4.69, 9.17) is 32.7 Å². The van der Waals surface area contributed by atoms with Gasteiger partial charge in [-0.25, -0.2) is 5.43 Å². The first kappa shape index (κ1) is 22.4. The van der Waals surface area contributed by atoms with Crippen LogP contribution in [-0.2, 0) is 4.79 Å². The highest BCUT2D eigenvalue weighted by atomic mass is 35.5. The van der Waals surface area contributed by atoms with Crippen molar-refractivity contribution in [2.75, 3.05) is 6.79 Å². The van der Waals surface area contributed by atoms with Gasteiger partial charge in [0.05, 0.1) is 16.3 Å². The summed E-state index contributed by atoms with van der Waals surface area (Å²) in [5.41, 5.74) is 4.08. The predicted molar refractivity (Wildman–Crippen MR) is 127 cm³/mol.